The van der Waals surface area contributed by atoms with E-state index in [1.807, 2.05) is 0 Å². The number of hydrogen-bond acceptors (Lipinski definition) is 2. The lowest BCUT2D eigenvalue weighted by Gasteiger charge is -2.37. The van der Waals surface area contributed by atoms with Crippen LogP contribution < -0.4 is 5.32 Å². The lowest BCUT2D eigenvalue weighted by Crippen LogP contribution is -2.42. The summed E-state index contributed by atoms with van der Waals surface area (Å²) in [5.74, 6) is 0. The Hall–Kier alpha value is -0.0800. The van der Waals surface area contributed by atoms with Crippen molar-refractivity contribution < 1.29 is 5.11 Å². The van der Waals surface area contributed by atoms with Gasteiger partial charge < -0.3 is 10.4 Å². The lowest BCUT2D eigenvalue weighted by molar-refractivity contribution is 0.116. The predicted octanol–water partition coefficient (Wildman–Crippen LogP) is 3.10. The Morgan fingerprint density at radius 2 is 1.65 bits per heavy atom. The molecule has 2 saturated carbocycles. The van der Waals surface area contributed by atoms with E-state index in [0.717, 1.165) is 6.54 Å². The summed E-state index contributed by atoms with van der Waals surface area (Å²) in [4.78, 5) is 0. The first-order chi connectivity index (χ1) is 8.05. The van der Waals surface area contributed by atoms with Crippen LogP contribution in [-0.4, -0.2) is 24.3 Å². The van der Waals surface area contributed by atoms with Crippen molar-refractivity contribution in [2.24, 2.45) is 10.8 Å². The van der Waals surface area contributed by atoms with Gasteiger partial charge in [0, 0.05) is 24.6 Å². The first-order valence-electron chi connectivity index (χ1n) is 7.40. The zero-order valence-electron chi connectivity index (χ0n) is 11.6. The van der Waals surface area contributed by atoms with Crippen molar-refractivity contribution in [3.63, 3.8) is 0 Å². The van der Waals surface area contributed by atoms with Crippen molar-refractivity contribution in [3.8, 4) is 0 Å². The fourth-order valence-corrected chi connectivity index (χ4v) is 3.48. The van der Waals surface area contributed by atoms with Gasteiger partial charge in [-0.3, -0.25) is 0 Å². The van der Waals surface area contributed by atoms with Crippen LogP contribution in [-0.2, 0) is 0 Å². The van der Waals surface area contributed by atoms with Gasteiger partial charge in [-0.05, 0) is 43.9 Å². The Kier molecular flexibility index (Phi) is 4.14. The molecule has 2 N–H and O–H groups in total. The van der Waals surface area contributed by atoms with Crippen LogP contribution in [0.5, 0.6) is 0 Å². The highest BCUT2D eigenvalue weighted by Crippen LogP contribution is 2.38. The molecule has 0 spiro atoms. The molecule has 2 heteroatoms. The van der Waals surface area contributed by atoms with Crippen molar-refractivity contribution in [1.82, 2.24) is 5.32 Å². The van der Waals surface area contributed by atoms with Crippen LogP contribution in [0.15, 0.2) is 0 Å². The van der Waals surface area contributed by atoms with Crippen molar-refractivity contribution in [3.05, 3.63) is 0 Å². The van der Waals surface area contributed by atoms with E-state index < -0.39 is 0 Å². The monoisotopic (exact) mass is 239 g/mol. The summed E-state index contributed by atoms with van der Waals surface area (Å²) >= 11 is 0. The maximum Gasteiger partial charge on any atom is 0.0499 e. The normalized spacial score (nSPS) is 28.4. The Bertz CT molecular complexity index is 233. The maximum absolute atomic E-state index is 9.59. The third kappa shape index (κ3) is 3.45. The SMILES string of the molecule is CC1(C)CCC(NCC2(CO)CCCC2)CC1. The van der Waals surface area contributed by atoms with Crippen LogP contribution in [0, 0.1) is 10.8 Å². The fraction of sp³-hybridized carbons (Fsp3) is 1.00. The highest BCUT2D eigenvalue weighted by Gasteiger charge is 2.34. The van der Waals surface area contributed by atoms with E-state index in [2.05, 4.69) is 19.2 Å². The summed E-state index contributed by atoms with van der Waals surface area (Å²) < 4.78 is 0. The lowest BCUT2D eigenvalue weighted by atomic mass is 9.75. The van der Waals surface area contributed by atoms with Crippen LogP contribution >= 0.6 is 0 Å². The van der Waals surface area contributed by atoms with Crippen LogP contribution in [0.25, 0.3) is 0 Å². The van der Waals surface area contributed by atoms with E-state index in [0.29, 0.717) is 18.1 Å². The third-order valence-corrected chi connectivity index (χ3v) is 5.10. The minimum atomic E-state index is 0.215. The second kappa shape index (κ2) is 5.27. The molecule has 2 rings (SSSR count). The van der Waals surface area contributed by atoms with E-state index in [9.17, 15) is 5.11 Å². The number of hydrogen-bond donors (Lipinski definition) is 2. The van der Waals surface area contributed by atoms with Gasteiger partial charge >= 0.3 is 0 Å². The molecular formula is C15H29NO. The number of aliphatic hydroxyl groups is 1. The van der Waals surface area contributed by atoms with E-state index >= 15 is 0 Å². The molecule has 2 nitrogen and oxygen atoms in total. The maximum atomic E-state index is 9.59. The van der Waals surface area contributed by atoms with Gasteiger partial charge in [-0.15, -0.1) is 0 Å². The summed E-state index contributed by atoms with van der Waals surface area (Å²) in [7, 11) is 0. The molecule has 100 valence electrons. The largest absolute Gasteiger partial charge is 0.396 e. The highest BCUT2D eigenvalue weighted by atomic mass is 16.3. The van der Waals surface area contributed by atoms with Gasteiger partial charge in [0.15, 0.2) is 0 Å². The zero-order valence-corrected chi connectivity index (χ0v) is 11.6. The molecule has 0 aromatic rings. The molecule has 0 unspecified atom stereocenters. The Labute approximate surface area is 106 Å². The zero-order chi connectivity index (χ0) is 12.4. The van der Waals surface area contributed by atoms with Crippen molar-refractivity contribution in [2.75, 3.05) is 13.2 Å². The quantitative estimate of drug-likeness (QED) is 0.790. The molecule has 0 bridgehead atoms. The Balaban J connectivity index is 1.75. The van der Waals surface area contributed by atoms with Crippen LogP contribution in [0.4, 0.5) is 0 Å². The topological polar surface area (TPSA) is 32.3 Å². The van der Waals surface area contributed by atoms with E-state index in [1.54, 1.807) is 0 Å². The second-order valence-electron chi connectivity index (χ2n) is 7.18. The van der Waals surface area contributed by atoms with Gasteiger partial charge in [0.1, 0.15) is 0 Å². The van der Waals surface area contributed by atoms with E-state index in [-0.39, 0.29) is 5.41 Å². The first-order valence-corrected chi connectivity index (χ1v) is 7.40. The molecule has 2 fully saturated rings. The van der Waals surface area contributed by atoms with Crippen molar-refractivity contribution in [1.29, 1.82) is 0 Å². The molecule has 2 aliphatic carbocycles. The van der Waals surface area contributed by atoms with Crippen LogP contribution in [0.3, 0.4) is 0 Å². The number of rotatable bonds is 4. The molecule has 0 aliphatic heterocycles. The van der Waals surface area contributed by atoms with Crippen LogP contribution in [0.2, 0.25) is 0 Å². The van der Waals surface area contributed by atoms with Gasteiger partial charge in [0.2, 0.25) is 0 Å². The molecule has 17 heavy (non-hydrogen) atoms. The van der Waals surface area contributed by atoms with E-state index in [4.69, 9.17) is 0 Å². The average molecular weight is 239 g/mol. The second-order valence-corrected chi connectivity index (χ2v) is 7.18. The summed E-state index contributed by atoms with van der Waals surface area (Å²) in [6.07, 6.45) is 10.4. The van der Waals surface area contributed by atoms with Crippen LogP contribution in [0.1, 0.15) is 65.2 Å². The molecule has 0 saturated heterocycles. The predicted molar refractivity (Wildman–Crippen MR) is 72.0 cm³/mol. The smallest absolute Gasteiger partial charge is 0.0499 e. The van der Waals surface area contributed by atoms with E-state index in [1.165, 1.54) is 51.4 Å². The van der Waals surface area contributed by atoms with Gasteiger partial charge in [-0.2, -0.15) is 0 Å². The molecular weight excluding hydrogens is 210 g/mol. The Morgan fingerprint density at radius 3 is 2.18 bits per heavy atom. The summed E-state index contributed by atoms with van der Waals surface area (Å²) in [6, 6.07) is 0.701. The number of aliphatic hydroxyl groups excluding tert-OH is 1. The highest BCUT2D eigenvalue weighted by molar-refractivity contribution is 4.89. The summed E-state index contributed by atoms with van der Waals surface area (Å²) in [5, 5.41) is 13.3. The fourth-order valence-electron chi connectivity index (χ4n) is 3.48. The number of nitrogens with one attached hydrogen (secondary N) is 1. The molecule has 0 aromatic heterocycles. The molecule has 0 atom stereocenters. The molecule has 0 radical (unpaired) electrons. The third-order valence-electron chi connectivity index (χ3n) is 5.10. The van der Waals surface area contributed by atoms with Gasteiger partial charge in [0.05, 0.1) is 0 Å². The average Bonchev–Trinajstić information content (AvgIpc) is 2.77. The molecule has 0 heterocycles. The van der Waals surface area contributed by atoms with Gasteiger partial charge in [-0.1, -0.05) is 26.7 Å². The van der Waals surface area contributed by atoms with Gasteiger partial charge in [0.25, 0.3) is 0 Å². The minimum absolute atomic E-state index is 0.215. The molecule has 0 amide bonds. The summed E-state index contributed by atoms with van der Waals surface area (Å²) in [5.41, 5.74) is 0.771. The van der Waals surface area contributed by atoms with Gasteiger partial charge in [-0.25, -0.2) is 0 Å². The summed E-state index contributed by atoms with van der Waals surface area (Å²) in [6.45, 7) is 6.18. The first kappa shape index (κ1) is 13.4. The van der Waals surface area contributed by atoms with Crippen molar-refractivity contribution >= 4 is 0 Å². The standard InChI is InChI=1S/C15H29NO/c1-14(2)9-5-13(6-10-14)16-11-15(12-17)7-3-4-8-15/h13,16-17H,3-12H2,1-2H3. The molecule has 0 aromatic carbocycles. The van der Waals surface area contributed by atoms with Crippen molar-refractivity contribution in [2.45, 2.75) is 71.3 Å². The Morgan fingerprint density at radius 1 is 1.06 bits per heavy atom. The minimum Gasteiger partial charge on any atom is -0.396 e. The molecule has 2 aliphatic rings.